The van der Waals surface area contributed by atoms with Gasteiger partial charge < -0.3 is 24.1 Å². The summed E-state index contributed by atoms with van der Waals surface area (Å²) in [5.41, 5.74) is 0.877. The summed E-state index contributed by atoms with van der Waals surface area (Å²) in [4.78, 5) is 53.0. The second kappa shape index (κ2) is 10.7. The molecule has 2 atom stereocenters. The number of aryl methyl sites for hydroxylation is 2. The molecular formula is C32H36N8O4. The minimum atomic E-state index is -1.11. The molecule has 0 radical (unpaired) electrons. The normalized spacial score (nSPS) is 23.0. The summed E-state index contributed by atoms with van der Waals surface area (Å²) in [6.07, 6.45) is 8.68. The van der Waals surface area contributed by atoms with E-state index in [9.17, 15) is 19.6 Å². The van der Waals surface area contributed by atoms with E-state index in [4.69, 9.17) is 4.74 Å². The number of ketones is 1. The molecule has 3 fully saturated rings. The highest BCUT2D eigenvalue weighted by molar-refractivity contribution is 6.06. The van der Waals surface area contributed by atoms with Crippen molar-refractivity contribution in [1.82, 2.24) is 34.2 Å². The van der Waals surface area contributed by atoms with Crippen molar-refractivity contribution < 1.29 is 19.1 Å². The predicted octanol–water partition coefficient (Wildman–Crippen LogP) is 2.57. The molecule has 3 aliphatic rings. The van der Waals surface area contributed by atoms with Gasteiger partial charge in [-0.1, -0.05) is 0 Å². The Morgan fingerprint density at radius 1 is 1.05 bits per heavy atom. The molecule has 0 bridgehead atoms. The van der Waals surface area contributed by atoms with Crippen molar-refractivity contribution in [2.75, 3.05) is 13.1 Å². The van der Waals surface area contributed by atoms with Gasteiger partial charge in [0, 0.05) is 93.3 Å². The number of carbonyl (C=O) groups excluding carboxylic acids is 3. The number of nitriles is 1. The lowest BCUT2D eigenvalue weighted by Gasteiger charge is -2.29. The number of nitrogens with one attached hydrogen (secondary N) is 1. The fourth-order valence-corrected chi connectivity index (χ4v) is 6.40. The maximum absolute atomic E-state index is 14.7. The van der Waals surface area contributed by atoms with Gasteiger partial charge in [0.1, 0.15) is 17.0 Å². The summed E-state index contributed by atoms with van der Waals surface area (Å²) in [5.74, 6) is 0.128. The smallest absolute Gasteiger partial charge is 0.410 e. The molecule has 1 N–H and O–H groups in total. The second-order valence-electron chi connectivity index (χ2n) is 13.0. The number of aromatic nitrogens is 4. The van der Waals surface area contributed by atoms with E-state index in [1.807, 2.05) is 44.0 Å². The maximum Gasteiger partial charge on any atom is 0.410 e. The van der Waals surface area contributed by atoms with Gasteiger partial charge in [0.2, 0.25) is 0 Å². The Labute approximate surface area is 255 Å². The van der Waals surface area contributed by atoms with E-state index >= 15 is 0 Å². The quantitative estimate of drug-likeness (QED) is 0.325. The third-order valence-corrected chi connectivity index (χ3v) is 8.72. The van der Waals surface area contributed by atoms with Crippen molar-refractivity contribution in [3.8, 4) is 6.07 Å². The van der Waals surface area contributed by atoms with Crippen LogP contribution < -0.4 is 5.32 Å². The molecule has 2 saturated heterocycles. The third-order valence-electron chi connectivity index (χ3n) is 8.72. The van der Waals surface area contributed by atoms with Crippen LogP contribution in [0.15, 0.2) is 61.2 Å². The standard InChI is InChI=1S/C32H36N8O4/c1-31(2,3)44-30(43)39-16-24-25(17-39)28(24)40-27(10-26(41)21-8-6-20(13-33)7-9-21)36-32(29(40)42,11-22-14-34-18-37(22)4)12-23-15-35-19-38(23)5/h6-10,14-15,18-19,24-25,28,36H,11-12,16-17H2,1-5H3. The van der Waals surface area contributed by atoms with Crippen molar-refractivity contribution in [2.45, 2.75) is 50.8 Å². The first kappa shape index (κ1) is 29.2. The molecule has 4 heterocycles. The summed E-state index contributed by atoms with van der Waals surface area (Å²) in [7, 11) is 3.78. The van der Waals surface area contributed by atoms with Gasteiger partial charge in [-0.25, -0.2) is 14.8 Å². The first-order valence-corrected chi connectivity index (χ1v) is 14.7. The summed E-state index contributed by atoms with van der Waals surface area (Å²) >= 11 is 0. The number of carbonyl (C=O) groups is 3. The Kier molecular flexibility index (Phi) is 7.07. The molecule has 2 unspecified atom stereocenters. The zero-order chi connectivity index (χ0) is 31.4. The molecule has 228 valence electrons. The van der Waals surface area contributed by atoms with Gasteiger partial charge in [0.05, 0.1) is 24.3 Å². The number of hydrogen-bond acceptors (Lipinski definition) is 8. The van der Waals surface area contributed by atoms with E-state index in [0.29, 0.717) is 42.9 Å². The average molecular weight is 597 g/mol. The van der Waals surface area contributed by atoms with E-state index < -0.39 is 11.1 Å². The molecular weight excluding hydrogens is 560 g/mol. The molecule has 6 rings (SSSR count). The zero-order valence-electron chi connectivity index (χ0n) is 25.5. The van der Waals surface area contributed by atoms with Crippen LogP contribution in [0.25, 0.3) is 0 Å². The Morgan fingerprint density at radius 3 is 2.09 bits per heavy atom. The number of ether oxygens (including phenoxy) is 1. The number of fused-ring (bicyclic) bond motifs is 1. The summed E-state index contributed by atoms with van der Waals surface area (Å²) in [6, 6.07) is 8.32. The van der Waals surface area contributed by atoms with E-state index in [0.717, 1.165) is 11.4 Å². The molecule has 12 heteroatoms. The highest BCUT2D eigenvalue weighted by Crippen LogP contribution is 2.52. The number of amides is 2. The summed E-state index contributed by atoms with van der Waals surface area (Å²) in [5, 5.41) is 12.7. The van der Waals surface area contributed by atoms with Gasteiger partial charge in [0.15, 0.2) is 5.78 Å². The van der Waals surface area contributed by atoms with Crippen molar-refractivity contribution in [3.63, 3.8) is 0 Å². The van der Waals surface area contributed by atoms with Crippen LogP contribution in [-0.2, 0) is 36.5 Å². The summed E-state index contributed by atoms with van der Waals surface area (Å²) in [6.45, 7) is 6.46. The predicted molar refractivity (Wildman–Crippen MR) is 159 cm³/mol. The first-order valence-electron chi connectivity index (χ1n) is 14.7. The minimum Gasteiger partial charge on any atom is -0.444 e. The van der Waals surface area contributed by atoms with Crippen molar-refractivity contribution >= 4 is 17.8 Å². The molecule has 2 amide bonds. The van der Waals surface area contributed by atoms with Crippen LogP contribution in [-0.4, -0.2) is 77.0 Å². The maximum atomic E-state index is 14.7. The molecule has 12 nitrogen and oxygen atoms in total. The third kappa shape index (κ3) is 5.34. The van der Waals surface area contributed by atoms with Gasteiger partial charge >= 0.3 is 6.09 Å². The van der Waals surface area contributed by atoms with Crippen molar-refractivity contribution in [3.05, 3.63) is 83.7 Å². The van der Waals surface area contributed by atoms with Crippen molar-refractivity contribution in [2.24, 2.45) is 25.9 Å². The largest absolute Gasteiger partial charge is 0.444 e. The lowest BCUT2D eigenvalue weighted by Crippen LogP contribution is -2.51. The molecule has 1 aliphatic carbocycles. The lowest BCUT2D eigenvalue weighted by atomic mass is 9.88. The second-order valence-corrected chi connectivity index (χ2v) is 13.0. The zero-order valence-corrected chi connectivity index (χ0v) is 25.5. The SMILES string of the molecule is Cn1cncc1CC1(Cc2cncn2C)NC(=CC(=O)c2ccc(C#N)cc2)N(C2C3CN(C(=O)OC(C)(C)C)CC32)C1=O. The van der Waals surface area contributed by atoms with Gasteiger partial charge in [0.25, 0.3) is 5.91 Å². The summed E-state index contributed by atoms with van der Waals surface area (Å²) < 4.78 is 9.36. The highest BCUT2D eigenvalue weighted by Gasteiger charge is 2.65. The fourth-order valence-electron chi connectivity index (χ4n) is 6.40. The Bertz CT molecular complexity index is 1630. The number of allylic oxidation sites excluding steroid dienone is 1. The molecule has 2 aliphatic heterocycles. The van der Waals surface area contributed by atoms with Crippen LogP contribution in [0.3, 0.4) is 0 Å². The lowest BCUT2D eigenvalue weighted by molar-refractivity contribution is -0.132. The number of rotatable bonds is 7. The molecule has 2 aromatic heterocycles. The van der Waals surface area contributed by atoms with E-state index in [-0.39, 0.29) is 35.7 Å². The van der Waals surface area contributed by atoms with E-state index in [2.05, 4.69) is 21.4 Å². The topological polar surface area (TPSA) is 138 Å². The van der Waals surface area contributed by atoms with Gasteiger partial charge in [-0.15, -0.1) is 0 Å². The monoisotopic (exact) mass is 596 g/mol. The highest BCUT2D eigenvalue weighted by atomic mass is 16.6. The number of benzene rings is 1. The van der Waals surface area contributed by atoms with Crippen molar-refractivity contribution in [1.29, 1.82) is 5.26 Å². The van der Waals surface area contributed by atoms with Gasteiger partial charge in [-0.05, 0) is 45.0 Å². The number of likely N-dealkylation sites (tertiary alicyclic amines) is 1. The van der Waals surface area contributed by atoms with Gasteiger partial charge in [-0.2, -0.15) is 5.26 Å². The Balaban J connectivity index is 1.35. The molecule has 3 aromatic rings. The number of piperidine rings is 1. The molecule has 1 saturated carbocycles. The Morgan fingerprint density at radius 2 is 1.61 bits per heavy atom. The number of hydrogen-bond donors (Lipinski definition) is 1. The first-order chi connectivity index (χ1) is 20.9. The molecule has 0 spiro atoms. The van der Waals surface area contributed by atoms with Crippen LogP contribution in [0, 0.1) is 23.2 Å². The minimum absolute atomic E-state index is 0.0610. The molecule has 44 heavy (non-hydrogen) atoms. The van der Waals surface area contributed by atoms with Crippen LogP contribution >= 0.6 is 0 Å². The van der Waals surface area contributed by atoms with Crippen LogP contribution in [0.4, 0.5) is 4.79 Å². The number of nitrogens with zero attached hydrogens (tertiary/aromatic N) is 7. The van der Waals surface area contributed by atoms with Crippen LogP contribution in [0.5, 0.6) is 0 Å². The molecule has 1 aromatic carbocycles. The number of imidazole rings is 2. The van der Waals surface area contributed by atoms with Crippen LogP contribution in [0.1, 0.15) is 48.1 Å². The van der Waals surface area contributed by atoms with Crippen LogP contribution in [0.2, 0.25) is 0 Å². The van der Waals surface area contributed by atoms with E-state index in [1.54, 1.807) is 59.1 Å². The van der Waals surface area contributed by atoms with Gasteiger partial charge in [-0.3, -0.25) is 14.5 Å². The van der Waals surface area contributed by atoms with E-state index in [1.165, 1.54) is 6.08 Å². The average Bonchev–Trinajstić information content (AvgIpc) is 3.43. The Hall–Kier alpha value is -4.92. The fraction of sp³-hybridized carbons (Fsp3) is 0.438.